The molecule has 5 heteroatoms. The first-order valence-electron chi connectivity index (χ1n) is 7.21. The first-order chi connectivity index (χ1) is 10.0. The van der Waals surface area contributed by atoms with E-state index in [0.717, 1.165) is 30.8 Å². The summed E-state index contributed by atoms with van der Waals surface area (Å²) in [5.41, 5.74) is 4.48. The van der Waals surface area contributed by atoms with Crippen LogP contribution in [0.4, 0.5) is 0 Å². The van der Waals surface area contributed by atoms with Crippen molar-refractivity contribution in [1.29, 1.82) is 0 Å². The number of benzene rings is 1. The highest BCUT2D eigenvalue weighted by atomic mass is 35.5. The summed E-state index contributed by atoms with van der Waals surface area (Å²) >= 11 is 12.5. The van der Waals surface area contributed by atoms with Crippen LogP contribution in [-0.4, -0.2) is 22.9 Å². The molecule has 21 heavy (non-hydrogen) atoms. The van der Waals surface area contributed by atoms with E-state index < -0.39 is 0 Å². The van der Waals surface area contributed by atoms with Crippen molar-refractivity contribution < 1.29 is 0 Å². The average molecular weight is 326 g/mol. The molecule has 3 nitrogen and oxygen atoms in total. The zero-order valence-electron chi connectivity index (χ0n) is 12.7. The summed E-state index contributed by atoms with van der Waals surface area (Å²) in [6, 6.07) is 5.58. The van der Waals surface area contributed by atoms with Gasteiger partial charge in [-0.3, -0.25) is 4.68 Å². The zero-order valence-corrected chi connectivity index (χ0v) is 14.2. The summed E-state index contributed by atoms with van der Waals surface area (Å²) in [5, 5.41) is 9.36. The van der Waals surface area contributed by atoms with Gasteiger partial charge in [-0.1, -0.05) is 36.2 Å². The predicted octanol–water partition coefficient (Wildman–Crippen LogP) is 4.01. The largest absolute Gasteiger partial charge is 0.317 e. The lowest BCUT2D eigenvalue weighted by Gasteiger charge is -2.09. The maximum atomic E-state index is 6.25. The first kappa shape index (κ1) is 16.3. The van der Waals surface area contributed by atoms with E-state index in [4.69, 9.17) is 23.2 Å². The number of nitrogens with zero attached hydrogens (tertiary/aromatic N) is 2. The number of rotatable bonds is 6. The van der Waals surface area contributed by atoms with Crippen LogP contribution < -0.4 is 5.32 Å². The van der Waals surface area contributed by atoms with Gasteiger partial charge in [0.1, 0.15) is 0 Å². The normalized spacial score (nSPS) is 11.1. The highest BCUT2D eigenvalue weighted by molar-refractivity contribution is 6.35. The lowest BCUT2D eigenvalue weighted by atomic mass is 10.1. The van der Waals surface area contributed by atoms with E-state index in [1.807, 2.05) is 22.9 Å². The molecule has 1 aromatic heterocycles. The predicted molar refractivity (Wildman–Crippen MR) is 89.5 cm³/mol. The maximum absolute atomic E-state index is 6.25. The van der Waals surface area contributed by atoms with Crippen LogP contribution in [0.15, 0.2) is 18.2 Å². The van der Waals surface area contributed by atoms with E-state index in [0.29, 0.717) is 16.6 Å². The molecule has 0 aliphatic carbocycles. The van der Waals surface area contributed by atoms with Crippen molar-refractivity contribution in [2.24, 2.45) is 0 Å². The van der Waals surface area contributed by atoms with E-state index in [9.17, 15) is 0 Å². The van der Waals surface area contributed by atoms with Crippen molar-refractivity contribution in [1.82, 2.24) is 15.1 Å². The Bertz CT molecular complexity index is 600. The van der Waals surface area contributed by atoms with Crippen LogP contribution in [0, 0.1) is 13.8 Å². The van der Waals surface area contributed by atoms with Crippen LogP contribution in [0.5, 0.6) is 0 Å². The second kappa shape index (κ2) is 7.30. The summed E-state index contributed by atoms with van der Waals surface area (Å²) in [7, 11) is 0. The topological polar surface area (TPSA) is 29.9 Å². The molecule has 0 atom stereocenters. The molecule has 0 saturated heterocycles. The number of halogens is 2. The molecule has 1 heterocycles. The third kappa shape index (κ3) is 3.79. The van der Waals surface area contributed by atoms with Gasteiger partial charge in [-0.05, 0) is 51.1 Å². The smallest absolute Gasteiger partial charge is 0.0691 e. The highest BCUT2D eigenvalue weighted by Crippen LogP contribution is 2.26. The van der Waals surface area contributed by atoms with Crippen molar-refractivity contribution in [3.05, 3.63) is 50.8 Å². The second-order valence-corrected chi connectivity index (χ2v) is 5.93. The lowest BCUT2D eigenvalue weighted by Crippen LogP contribution is -2.16. The molecule has 0 aliphatic rings. The maximum Gasteiger partial charge on any atom is 0.0691 e. The van der Waals surface area contributed by atoms with Crippen molar-refractivity contribution >= 4 is 23.2 Å². The van der Waals surface area contributed by atoms with Crippen molar-refractivity contribution in [3.8, 4) is 0 Å². The number of hydrogen-bond acceptors (Lipinski definition) is 2. The Balaban J connectivity index is 2.23. The number of hydrogen-bond donors (Lipinski definition) is 1. The van der Waals surface area contributed by atoms with E-state index in [-0.39, 0.29) is 0 Å². The summed E-state index contributed by atoms with van der Waals surface area (Å²) in [5.74, 6) is 0. The molecule has 0 amide bonds. The van der Waals surface area contributed by atoms with Gasteiger partial charge in [0.2, 0.25) is 0 Å². The minimum atomic E-state index is 0.604. The Labute approximate surface area is 136 Å². The third-order valence-electron chi connectivity index (χ3n) is 3.70. The van der Waals surface area contributed by atoms with E-state index in [2.05, 4.69) is 31.2 Å². The molecule has 0 radical (unpaired) electrons. The molecule has 0 spiro atoms. The molecular weight excluding hydrogens is 305 g/mol. The fourth-order valence-corrected chi connectivity index (χ4v) is 2.99. The van der Waals surface area contributed by atoms with Gasteiger partial charge < -0.3 is 5.32 Å². The number of likely N-dealkylation sites (N-methyl/N-ethyl adjacent to an activating group) is 1. The Morgan fingerprint density at radius 3 is 2.43 bits per heavy atom. The monoisotopic (exact) mass is 325 g/mol. The van der Waals surface area contributed by atoms with Crippen LogP contribution in [0.25, 0.3) is 0 Å². The van der Waals surface area contributed by atoms with Gasteiger partial charge >= 0.3 is 0 Å². The number of aromatic nitrogens is 2. The lowest BCUT2D eigenvalue weighted by molar-refractivity contribution is 0.656. The Hall–Kier alpha value is -1.03. The minimum absolute atomic E-state index is 0.604. The van der Waals surface area contributed by atoms with Crippen LogP contribution in [0.2, 0.25) is 10.0 Å². The van der Waals surface area contributed by atoms with E-state index >= 15 is 0 Å². The minimum Gasteiger partial charge on any atom is -0.317 e. The molecule has 0 fully saturated rings. The molecule has 0 aliphatic heterocycles. The quantitative estimate of drug-likeness (QED) is 0.813. The molecule has 0 unspecified atom stereocenters. The van der Waals surface area contributed by atoms with Gasteiger partial charge in [0.25, 0.3) is 0 Å². The zero-order chi connectivity index (χ0) is 15.4. The van der Waals surface area contributed by atoms with E-state index in [1.165, 1.54) is 11.3 Å². The molecule has 0 bridgehead atoms. The number of aryl methyl sites for hydroxylation is 1. The third-order valence-corrected chi connectivity index (χ3v) is 4.41. The molecular formula is C16H21Cl2N3. The molecule has 1 aromatic carbocycles. The van der Waals surface area contributed by atoms with Crippen LogP contribution in [0.1, 0.15) is 29.4 Å². The SMILES string of the molecule is CCNCCc1c(C)nn(Cc2c(Cl)cccc2Cl)c1C. The van der Waals surface area contributed by atoms with E-state index in [1.54, 1.807) is 0 Å². The summed E-state index contributed by atoms with van der Waals surface area (Å²) in [6.45, 7) is 8.83. The highest BCUT2D eigenvalue weighted by Gasteiger charge is 2.13. The van der Waals surface area contributed by atoms with Gasteiger partial charge in [0, 0.05) is 21.3 Å². The van der Waals surface area contributed by atoms with Gasteiger partial charge in [-0.25, -0.2) is 0 Å². The Morgan fingerprint density at radius 1 is 1.14 bits per heavy atom. The van der Waals surface area contributed by atoms with Gasteiger partial charge in [0.05, 0.1) is 12.2 Å². The van der Waals surface area contributed by atoms with Crippen molar-refractivity contribution in [3.63, 3.8) is 0 Å². The Morgan fingerprint density at radius 2 is 1.81 bits per heavy atom. The fourth-order valence-electron chi connectivity index (χ4n) is 2.47. The fraction of sp³-hybridized carbons (Fsp3) is 0.438. The summed E-state index contributed by atoms with van der Waals surface area (Å²) in [4.78, 5) is 0. The van der Waals surface area contributed by atoms with Gasteiger partial charge in [-0.15, -0.1) is 0 Å². The average Bonchev–Trinajstić information content (AvgIpc) is 2.70. The van der Waals surface area contributed by atoms with Gasteiger partial charge in [-0.2, -0.15) is 5.10 Å². The Kier molecular flexibility index (Phi) is 5.68. The molecule has 2 aromatic rings. The molecule has 2 rings (SSSR count). The molecule has 0 saturated carbocycles. The van der Waals surface area contributed by atoms with Crippen LogP contribution >= 0.6 is 23.2 Å². The van der Waals surface area contributed by atoms with Crippen molar-refractivity contribution in [2.45, 2.75) is 33.7 Å². The second-order valence-electron chi connectivity index (χ2n) is 5.11. The first-order valence-corrected chi connectivity index (χ1v) is 7.96. The summed E-state index contributed by atoms with van der Waals surface area (Å²) in [6.07, 6.45) is 0.988. The standard InChI is InChI=1S/C16H21Cl2N3/c1-4-19-9-8-13-11(2)20-21(12(13)3)10-14-15(17)6-5-7-16(14)18/h5-7,19H,4,8-10H2,1-3H3. The van der Waals surface area contributed by atoms with Gasteiger partial charge in [0.15, 0.2) is 0 Å². The molecule has 114 valence electrons. The summed E-state index contributed by atoms with van der Waals surface area (Å²) < 4.78 is 1.99. The van der Waals surface area contributed by atoms with Crippen LogP contribution in [0.3, 0.4) is 0 Å². The number of nitrogens with one attached hydrogen (secondary N) is 1. The van der Waals surface area contributed by atoms with Crippen molar-refractivity contribution in [2.75, 3.05) is 13.1 Å². The molecule has 1 N–H and O–H groups in total. The van der Waals surface area contributed by atoms with Crippen LogP contribution in [-0.2, 0) is 13.0 Å².